The lowest BCUT2D eigenvalue weighted by atomic mass is 10.2. The predicted molar refractivity (Wildman–Crippen MR) is 59.5 cm³/mol. The van der Waals surface area contributed by atoms with Gasteiger partial charge in [0.25, 0.3) is 0 Å². The fourth-order valence-electron chi connectivity index (χ4n) is 1.24. The predicted octanol–water partition coefficient (Wildman–Crippen LogP) is 2.90. The average molecular weight is 248 g/mol. The van der Waals surface area contributed by atoms with Crippen LogP contribution >= 0.6 is 0 Å². The van der Waals surface area contributed by atoms with Gasteiger partial charge in [-0.1, -0.05) is 24.1 Å². The van der Waals surface area contributed by atoms with E-state index in [1.54, 1.807) is 24.3 Å². The molecule has 90 valence electrons. The highest BCUT2D eigenvalue weighted by molar-refractivity contribution is 5.40. The lowest BCUT2D eigenvalue weighted by molar-refractivity contribution is -0.141. The second-order valence-corrected chi connectivity index (χ2v) is 3.40. The molecule has 5 heteroatoms. The van der Waals surface area contributed by atoms with Crippen molar-refractivity contribution in [3.8, 4) is 11.8 Å². The van der Waals surface area contributed by atoms with Gasteiger partial charge in [-0.2, -0.15) is 13.2 Å². The van der Waals surface area contributed by atoms with Gasteiger partial charge in [0, 0.05) is 11.6 Å². The van der Waals surface area contributed by atoms with Crippen LogP contribution < -0.4 is 0 Å². The molecule has 2 nitrogen and oxygen atoms in total. The van der Waals surface area contributed by atoms with Crippen LogP contribution in [0.5, 0.6) is 0 Å². The molecule has 1 heterocycles. The van der Waals surface area contributed by atoms with Crippen LogP contribution in [0.4, 0.5) is 13.2 Å². The molecule has 0 spiro atoms. The van der Waals surface area contributed by atoms with Crippen molar-refractivity contribution in [1.29, 1.82) is 0 Å². The molecule has 1 aromatic heterocycles. The number of hydrogen-bond acceptors (Lipinski definition) is 2. The number of rotatable bonds is 0. The fourth-order valence-corrected chi connectivity index (χ4v) is 1.24. The van der Waals surface area contributed by atoms with Crippen molar-refractivity contribution >= 4 is 0 Å². The summed E-state index contributed by atoms with van der Waals surface area (Å²) in [5.41, 5.74) is -0.235. The van der Waals surface area contributed by atoms with Crippen LogP contribution in [-0.2, 0) is 6.18 Å². The van der Waals surface area contributed by atoms with E-state index in [0.29, 0.717) is 5.56 Å². The van der Waals surface area contributed by atoms with E-state index in [2.05, 4.69) is 21.8 Å². The molecular weight excluding hydrogens is 241 g/mol. The molecular formula is C13H7F3N2. The van der Waals surface area contributed by atoms with Gasteiger partial charge in [0.1, 0.15) is 17.7 Å². The monoisotopic (exact) mass is 248 g/mol. The van der Waals surface area contributed by atoms with Crippen LogP contribution in [0.3, 0.4) is 0 Å². The Bertz CT molecular complexity index is 595. The first-order valence-corrected chi connectivity index (χ1v) is 5.02. The van der Waals surface area contributed by atoms with Gasteiger partial charge < -0.3 is 0 Å². The van der Waals surface area contributed by atoms with Crippen LogP contribution in [0.1, 0.15) is 17.0 Å². The van der Waals surface area contributed by atoms with Crippen molar-refractivity contribution < 1.29 is 13.2 Å². The second-order valence-electron chi connectivity index (χ2n) is 3.40. The summed E-state index contributed by atoms with van der Waals surface area (Å²) >= 11 is 0. The Morgan fingerprint density at radius 1 is 0.944 bits per heavy atom. The Morgan fingerprint density at radius 2 is 1.67 bits per heavy atom. The maximum atomic E-state index is 12.4. The molecule has 0 bridgehead atoms. The molecule has 0 atom stereocenters. The minimum atomic E-state index is -4.48. The van der Waals surface area contributed by atoms with Crippen LogP contribution in [0.15, 0.2) is 42.7 Å². The van der Waals surface area contributed by atoms with Crippen LogP contribution in [0.2, 0.25) is 0 Å². The van der Waals surface area contributed by atoms with Gasteiger partial charge >= 0.3 is 6.18 Å². The summed E-state index contributed by atoms with van der Waals surface area (Å²) in [5, 5.41) is 0. The zero-order valence-corrected chi connectivity index (χ0v) is 9.07. The third kappa shape index (κ3) is 3.08. The smallest absolute Gasteiger partial charge is 0.232 e. The van der Waals surface area contributed by atoms with Crippen LogP contribution in [0, 0.1) is 11.8 Å². The quantitative estimate of drug-likeness (QED) is 0.670. The van der Waals surface area contributed by atoms with E-state index in [0.717, 1.165) is 12.4 Å². The van der Waals surface area contributed by atoms with Crippen molar-refractivity contribution in [3.05, 3.63) is 59.7 Å². The standard InChI is InChI=1S/C13H7F3N2/c14-13(15,16)12-8-11(17-9-18-12)7-6-10-4-2-1-3-5-10/h1-5,8-9H. The van der Waals surface area contributed by atoms with Gasteiger partial charge in [0.2, 0.25) is 0 Å². The van der Waals surface area contributed by atoms with E-state index in [1.807, 2.05) is 6.07 Å². The summed E-state index contributed by atoms with van der Waals surface area (Å²) in [6.45, 7) is 0. The van der Waals surface area contributed by atoms with Gasteiger partial charge in [-0.25, -0.2) is 9.97 Å². The third-order valence-electron chi connectivity index (χ3n) is 2.07. The Kier molecular flexibility index (Phi) is 3.28. The molecule has 0 fully saturated rings. The first-order chi connectivity index (χ1) is 8.55. The topological polar surface area (TPSA) is 25.8 Å². The summed E-state index contributed by atoms with van der Waals surface area (Å²) < 4.78 is 37.2. The van der Waals surface area contributed by atoms with Gasteiger partial charge in [-0.3, -0.25) is 0 Å². The first-order valence-electron chi connectivity index (χ1n) is 5.02. The normalized spacial score (nSPS) is 10.6. The Morgan fingerprint density at radius 3 is 2.33 bits per heavy atom. The lowest BCUT2D eigenvalue weighted by Gasteiger charge is -2.03. The van der Waals surface area contributed by atoms with Crippen molar-refractivity contribution in [2.45, 2.75) is 6.18 Å². The second kappa shape index (κ2) is 4.88. The highest BCUT2D eigenvalue weighted by Crippen LogP contribution is 2.26. The van der Waals surface area contributed by atoms with E-state index >= 15 is 0 Å². The number of benzene rings is 1. The highest BCUT2D eigenvalue weighted by atomic mass is 19.4. The minimum absolute atomic E-state index is 0.0428. The van der Waals surface area contributed by atoms with Crippen molar-refractivity contribution in [3.63, 3.8) is 0 Å². The zero-order valence-electron chi connectivity index (χ0n) is 9.07. The molecule has 0 saturated carbocycles. The molecule has 0 radical (unpaired) electrons. The molecule has 0 aliphatic rings. The molecule has 2 aromatic rings. The Balaban J connectivity index is 2.29. The van der Waals surface area contributed by atoms with E-state index in [-0.39, 0.29) is 5.69 Å². The summed E-state index contributed by atoms with van der Waals surface area (Å²) in [7, 11) is 0. The molecule has 18 heavy (non-hydrogen) atoms. The van der Waals surface area contributed by atoms with Crippen molar-refractivity contribution in [2.24, 2.45) is 0 Å². The summed E-state index contributed by atoms with van der Waals surface area (Å²) in [4.78, 5) is 6.85. The highest BCUT2D eigenvalue weighted by Gasteiger charge is 2.32. The van der Waals surface area contributed by atoms with E-state index in [1.165, 1.54) is 0 Å². The van der Waals surface area contributed by atoms with Gasteiger partial charge in [-0.05, 0) is 18.1 Å². The molecule has 0 aliphatic carbocycles. The number of alkyl halides is 3. The molecule has 0 aliphatic heterocycles. The summed E-state index contributed by atoms with van der Waals surface area (Å²) in [6.07, 6.45) is -3.62. The maximum Gasteiger partial charge on any atom is 0.433 e. The van der Waals surface area contributed by atoms with Gasteiger partial charge in [0.15, 0.2) is 0 Å². The third-order valence-corrected chi connectivity index (χ3v) is 2.07. The van der Waals surface area contributed by atoms with E-state index in [4.69, 9.17) is 0 Å². The number of nitrogens with zero attached hydrogens (tertiary/aromatic N) is 2. The van der Waals surface area contributed by atoms with Crippen molar-refractivity contribution in [2.75, 3.05) is 0 Å². The maximum absolute atomic E-state index is 12.4. The van der Waals surface area contributed by atoms with Crippen LogP contribution in [-0.4, -0.2) is 9.97 Å². The molecule has 2 rings (SSSR count). The molecule has 0 saturated heterocycles. The van der Waals surface area contributed by atoms with Crippen LogP contribution in [0.25, 0.3) is 0 Å². The van der Waals surface area contributed by atoms with Crippen molar-refractivity contribution in [1.82, 2.24) is 9.97 Å². The first kappa shape index (κ1) is 12.1. The molecule has 0 amide bonds. The SMILES string of the molecule is FC(F)(F)c1cc(C#Cc2ccccc2)ncn1. The van der Waals surface area contributed by atoms with Gasteiger partial charge in [-0.15, -0.1) is 0 Å². The largest absolute Gasteiger partial charge is 0.433 e. The van der Waals surface area contributed by atoms with E-state index in [9.17, 15) is 13.2 Å². The molecule has 1 aromatic carbocycles. The number of hydrogen-bond donors (Lipinski definition) is 0. The molecule has 0 N–H and O–H groups in total. The minimum Gasteiger partial charge on any atom is -0.232 e. The fraction of sp³-hybridized carbons (Fsp3) is 0.0769. The summed E-state index contributed by atoms with van der Waals surface area (Å²) in [6, 6.07) is 9.78. The number of halogens is 3. The van der Waals surface area contributed by atoms with Gasteiger partial charge in [0.05, 0.1) is 0 Å². The lowest BCUT2D eigenvalue weighted by Crippen LogP contribution is -2.08. The number of aromatic nitrogens is 2. The average Bonchev–Trinajstić information content (AvgIpc) is 2.37. The van der Waals surface area contributed by atoms with E-state index < -0.39 is 11.9 Å². The Labute approximate surface area is 102 Å². The Hall–Kier alpha value is -2.35. The zero-order chi connectivity index (χ0) is 13.0. The summed E-state index contributed by atoms with van der Waals surface area (Å²) in [5.74, 6) is 5.30. The molecule has 0 unspecified atom stereocenters.